The molecule has 0 aliphatic carbocycles. The number of amides is 1. The number of rotatable bonds is 7. The second-order valence-electron chi connectivity index (χ2n) is 8.41. The number of carbonyl (C=O) groups is 1. The zero-order valence-electron chi connectivity index (χ0n) is 20.1. The van der Waals surface area contributed by atoms with E-state index in [2.05, 4.69) is 20.2 Å². The van der Waals surface area contributed by atoms with Crippen LogP contribution in [0.1, 0.15) is 35.0 Å². The third-order valence-electron chi connectivity index (χ3n) is 5.70. The second kappa shape index (κ2) is 10.9. The molecule has 4 rings (SSSR count). The highest BCUT2D eigenvalue weighted by atomic mass is 19.4. The number of aromatic nitrogens is 2. The maximum atomic E-state index is 13.0. The van der Waals surface area contributed by atoms with Gasteiger partial charge in [0.05, 0.1) is 19.8 Å². The van der Waals surface area contributed by atoms with E-state index in [1.807, 2.05) is 32.0 Å². The van der Waals surface area contributed by atoms with Crippen molar-refractivity contribution in [3.8, 4) is 17.0 Å². The molecule has 0 bridgehead atoms. The third kappa shape index (κ3) is 6.12. The normalized spacial score (nSPS) is 14.0. The van der Waals surface area contributed by atoms with Gasteiger partial charge in [-0.05, 0) is 60.4 Å². The molecule has 0 saturated carbocycles. The lowest BCUT2D eigenvalue weighted by Crippen LogP contribution is -2.36. The summed E-state index contributed by atoms with van der Waals surface area (Å²) in [5, 5.41) is 2.69. The molecule has 1 aliphatic heterocycles. The maximum absolute atomic E-state index is 13.0. The Hall–Kier alpha value is -3.66. The van der Waals surface area contributed by atoms with Gasteiger partial charge in [0.15, 0.2) is 0 Å². The van der Waals surface area contributed by atoms with Gasteiger partial charge in [0.25, 0.3) is 5.91 Å². The van der Waals surface area contributed by atoms with Gasteiger partial charge in [0.1, 0.15) is 11.5 Å². The molecule has 1 N–H and O–H groups in total. The number of hydrogen-bond acceptors (Lipinski definition) is 6. The van der Waals surface area contributed by atoms with Crippen molar-refractivity contribution in [1.82, 2.24) is 9.97 Å². The first kappa shape index (κ1) is 25.4. The molecule has 3 aromatic rings. The van der Waals surface area contributed by atoms with Crippen LogP contribution in [0.4, 0.5) is 24.7 Å². The van der Waals surface area contributed by atoms with E-state index in [-0.39, 0.29) is 5.56 Å². The molecule has 1 aliphatic rings. The first-order valence-electron chi connectivity index (χ1n) is 11.7. The van der Waals surface area contributed by atoms with E-state index < -0.39 is 17.8 Å². The standard InChI is InChI=1S/C26H27F3N4O3/c1-3-10-36-24-15-19(14-23(32-24)33-8-11-35-12-9-33)21-16-20(5-4-17(21)2)31-25(34)18-6-7-30-22(13-18)26(27,28)29/h4-7,13-16H,3,8-12H2,1-2H3,(H,31,34). The fourth-order valence-corrected chi connectivity index (χ4v) is 3.82. The van der Waals surface area contributed by atoms with Gasteiger partial charge < -0.3 is 19.7 Å². The Morgan fingerprint density at radius 3 is 2.64 bits per heavy atom. The van der Waals surface area contributed by atoms with E-state index in [0.29, 0.717) is 44.5 Å². The summed E-state index contributed by atoms with van der Waals surface area (Å²) >= 11 is 0. The Morgan fingerprint density at radius 1 is 1.14 bits per heavy atom. The zero-order valence-corrected chi connectivity index (χ0v) is 20.1. The fraction of sp³-hybridized carbons (Fsp3) is 0.346. The predicted molar refractivity (Wildman–Crippen MR) is 130 cm³/mol. The highest BCUT2D eigenvalue weighted by Gasteiger charge is 2.33. The van der Waals surface area contributed by atoms with E-state index in [4.69, 9.17) is 9.47 Å². The summed E-state index contributed by atoms with van der Waals surface area (Å²) in [5.74, 6) is 0.613. The van der Waals surface area contributed by atoms with E-state index in [1.165, 1.54) is 6.07 Å². The molecular weight excluding hydrogens is 473 g/mol. The number of morpholine rings is 1. The number of aryl methyl sites for hydroxylation is 1. The van der Waals surface area contributed by atoms with Crippen molar-refractivity contribution >= 4 is 17.4 Å². The van der Waals surface area contributed by atoms with Crippen LogP contribution in [0, 0.1) is 6.92 Å². The van der Waals surface area contributed by atoms with Crippen LogP contribution in [0.3, 0.4) is 0 Å². The predicted octanol–water partition coefficient (Wildman–Crippen LogP) is 5.35. The lowest BCUT2D eigenvalue weighted by Gasteiger charge is -2.28. The molecule has 36 heavy (non-hydrogen) atoms. The Kier molecular flexibility index (Phi) is 7.73. The molecule has 0 unspecified atom stereocenters. The monoisotopic (exact) mass is 500 g/mol. The van der Waals surface area contributed by atoms with Gasteiger partial charge in [0.2, 0.25) is 5.88 Å². The molecule has 0 atom stereocenters. The Morgan fingerprint density at radius 2 is 1.92 bits per heavy atom. The Balaban J connectivity index is 1.64. The highest BCUT2D eigenvalue weighted by Crippen LogP contribution is 2.33. The number of benzene rings is 1. The van der Waals surface area contributed by atoms with Gasteiger partial charge in [-0.3, -0.25) is 9.78 Å². The minimum Gasteiger partial charge on any atom is -0.478 e. The number of ether oxygens (including phenoxy) is 2. The molecule has 3 heterocycles. The van der Waals surface area contributed by atoms with Crippen molar-refractivity contribution in [2.24, 2.45) is 0 Å². The summed E-state index contributed by atoms with van der Waals surface area (Å²) in [7, 11) is 0. The van der Waals surface area contributed by atoms with E-state index in [9.17, 15) is 18.0 Å². The van der Waals surface area contributed by atoms with E-state index in [1.54, 1.807) is 12.1 Å². The molecule has 1 saturated heterocycles. The van der Waals surface area contributed by atoms with Crippen LogP contribution < -0.4 is 15.0 Å². The van der Waals surface area contributed by atoms with Crippen LogP contribution in [0.2, 0.25) is 0 Å². The van der Waals surface area contributed by atoms with Crippen LogP contribution in [0.15, 0.2) is 48.7 Å². The largest absolute Gasteiger partial charge is 0.478 e. The van der Waals surface area contributed by atoms with Crippen LogP contribution in [-0.2, 0) is 10.9 Å². The lowest BCUT2D eigenvalue weighted by atomic mass is 10.00. The smallest absolute Gasteiger partial charge is 0.433 e. The van der Waals surface area contributed by atoms with Crippen molar-refractivity contribution in [2.45, 2.75) is 26.4 Å². The average Bonchev–Trinajstić information content (AvgIpc) is 2.88. The summed E-state index contributed by atoms with van der Waals surface area (Å²) < 4.78 is 50.3. The van der Waals surface area contributed by atoms with E-state index in [0.717, 1.165) is 41.2 Å². The molecule has 0 radical (unpaired) electrons. The molecule has 1 fully saturated rings. The van der Waals surface area contributed by atoms with E-state index >= 15 is 0 Å². The van der Waals surface area contributed by atoms with Crippen molar-refractivity contribution in [3.63, 3.8) is 0 Å². The quantitative estimate of drug-likeness (QED) is 0.472. The first-order chi connectivity index (χ1) is 17.2. The van der Waals surface area contributed by atoms with Crippen LogP contribution in [0.5, 0.6) is 5.88 Å². The number of nitrogens with one attached hydrogen (secondary N) is 1. The van der Waals surface area contributed by atoms with Crippen molar-refractivity contribution in [1.29, 1.82) is 0 Å². The SMILES string of the molecule is CCCOc1cc(-c2cc(NC(=O)c3ccnc(C(F)(F)F)c3)ccc2C)cc(N2CCOCC2)n1. The molecule has 190 valence electrons. The lowest BCUT2D eigenvalue weighted by molar-refractivity contribution is -0.141. The van der Waals surface area contributed by atoms with Gasteiger partial charge in [-0.15, -0.1) is 0 Å². The Labute approximate surface area is 207 Å². The zero-order chi connectivity index (χ0) is 25.7. The summed E-state index contributed by atoms with van der Waals surface area (Å²) in [6.45, 7) is 7.14. The summed E-state index contributed by atoms with van der Waals surface area (Å²) in [6, 6.07) is 11.2. The van der Waals surface area contributed by atoms with Crippen molar-refractivity contribution < 1.29 is 27.4 Å². The minimum atomic E-state index is -4.63. The number of pyridine rings is 2. The van der Waals surface area contributed by atoms with Crippen LogP contribution in [-0.4, -0.2) is 48.8 Å². The number of hydrogen-bond donors (Lipinski definition) is 1. The molecular formula is C26H27F3N4O3. The number of alkyl halides is 3. The van der Waals surface area contributed by atoms with Gasteiger partial charge >= 0.3 is 6.18 Å². The van der Waals surface area contributed by atoms with Crippen molar-refractivity contribution in [2.75, 3.05) is 43.1 Å². The van der Waals surface area contributed by atoms with Crippen LogP contribution >= 0.6 is 0 Å². The van der Waals surface area contributed by atoms with Crippen LogP contribution in [0.25, 0.3) is 11.1 Å². The average molecular weight is 501 g/mol. The number of halogens is 3. The molecule has 0 spiro atoms. The second-order valence-corrected chi connectivity index (χ2v) is 8.41. The number of carbonyl (C=O) groups excluding carboxylic acids is 1. The highest BCUT2D eigenvalue weighted by molar-refractivity contribution is 6.04. The number of nitrogens with zero attached hydrogens (tertiary/aromatic N) is 3. The topological polar surface area (TPSA) is 76.6 Å². The Bertz CT molecular complexity index is 1230. The molecule has 10 heteroatoms. The summed E-state index contributed by atoms with van der Waals surface area (Å²) in [6.07, 6.45) is -2.82. The molecule has 7 nitrogen and oxygen atoms in total. The molecule has 1 amide bonds. The minimum absolute atomic E-state index is 0.131. The third-order valence-corrected chi connectivity index (χ3v) is 5.70. The maximum Gasteiger partial charge on any atom is 0.433 e. The number of anilines is 2. The van der Waals surface area contributed by atoms with Gasteiger partial charge in [-0.1, -0.05) is 13.0 Å². The first-order valence-corrected chi connectivity index (χ1v) is 11.7. The fourth-order valence-electron chi connectivity index (χ4n) is 3.82. The van der Waals surface area contributed by atoms with Gasteiger partial charge in [-0.2, -0.15) is 18.2 Å². The summed E-state index contributed by atoms with van der Waals surface area (Å²) in [5.41, 5.74) is 1.86. The molecule has 1 aromatic carbocycles. The van der Waals surface area contributed by atoms with Gasteiger partial charge in [-0.25, -0.2) is 0 Å². The van der Waals surface area contributed by atoms with Crippen molar-refractivity contribution in [3.05, 3.63) is 65.5 Å². The molecule has 2 aromatic heterocycles. The van der Waals surface area contributed by atoms with Gasteiger partial charge in [0, 0.05) is 36.6 Å². The summed E-state index contributed by atoms with van der Waals surface area (Å²) in [4.78, 5) is 22.8.